The average molecular weight is 1460 g/mol. The van der Waals surface area contributed by atoms with Crippen molar-refractivity contribution in [1.82, 2.24) is 68.7 Å². The van der Waals surface area contributed by atoms with Crippen molar-refractivity contribution in [2.24, 2.45) is 41.1 Å². The van der Waals surface area contributed by atoms with Gasteiger partial charge in [-0.1, -0.05) is 24.3 Å². The van der Waals surface area contributed by atoms with Crippen LogP contribution in [0.4, 0.5) is 8.78 Å². The highest BCUT2D eigenvalue weighted by atomic mass is 32.2. The highest BCUT2D eigenvalue weighted by Crippen LogP contribution is 2.40. The summed E-state index contributed by atoms with van der Waals surface area (Å²) in [5.41, 5.74) is 11.2. The number of amides is 10. The Bertz CT molecular complexity index is 3060. The minimum Gasteiger partial charge on any atom is -0.481 e. The second-order valence-electron chi connectivity index (χ2n) is 29.4. The predicted molar refractivity (Wildman–Crippen MR) is 375 cm³/mol. The highest BCUT2D eigenvalue weighted by molar-refractivity contribution is 7.98. The molecule has 0 aromatic heterocycles. The van der Waals surface area contributed by atoms with E-state index in [-0.39, 0.29) is 106 Å². The number of carboxylic acids is 1. The van der Waals surface area contributed by atoms with E-state index < -0.39 is 156 Å². The van der Waals surface area contributed by atoms with Gasteiger partial charge in [-0.15, -0.1) is 0 Å². The molecule has 4 saturated heterocycles. The summed E-state index contributed by atoms with van der Waals surface area (Å²) in [6.07, 6.45) is 1.80. The minimum absolute atomic E-state index is 0.0459. The number of aliphatic hydroxyl groups excluding tert-OH is 1. The van der Waals surface area contributed by atoms with Crippen molar-refractivity contribution in [3.05, 3.63) is 35.4 Å². The number of rotatable bonds is 15. The van der Waals surface area contributed by atoms with Crippen LogP contribution in [-0.2, 0) is 64.2 Å². The number of nitrogens with zero attached hydrogens (tertiary/aromatic N) is 1. The quantitative estimate of drug-likeness (QED) is 0.0995. The summed E-state index contributed by atoms with van der Waals surface area (Å²) < 4.78 is 30.5. The Labute approximate surface area is 597 Å². The Morgan fingerprint density at radius 1 is 0.663 bits per heavy atom. The number of carboxylic acid groups (broad SMARTS) is 1. The van der Waals surface area contributed by atoms with Gasteiger partial charge in [0.05, 0.1) is 19.1 Å². The topological polar surface area (TPSA) is 428 Å². The number of carbonyl (C=O) groups is 11. The molecule has 1 aromatic rings. The van der Waals surface area contributed by atoms with E-state index in [0.29, 0.717) is 121 Å². The van der Waals surface area contributed by atoms with Crippen LogP contribution < -0.4 is 75.3 Å². The molecule has 9 rings (SSSR count). The van der Waals surface area contributed by atoms with Gasteiger partial charge in [-0.3, -0.25) is 52.7 Å². The van der Waals surface area contributed by atoms with Crippen LogP contribution in [-0.4, -0.2) is 222 Å². The molecule has 9 unspecified atom stereocenters. The molecule has 562 valence electrons. The molecular weight excluding hydrogens is 1350 g/mol. The molecule has 32 heteroatoms. The number of fused-ring (bicyclic) bond motifs is 5. The van der Waals surface area contributed by atoms with E-state index in [1.54, 1.807) is 0 Å². The third-order valence-electron chi connectivity index (χ3n) is 21.8. The van der Waals surface area contributed by atoms with Gasteiger partial charge in [0.1, 0.15) is 60.2 Å². The Hall–Kier alpha value is -6.29. The second kappa shape index (κ2) is 37.9. The number of benzene rings is 1. The number of unbranched alkanes of at least 4 members (excludes halogenated alkanes) is 1. The van der Waals surface area contributed by atoms with Gasteiger partial charge in [0.2, 0.25) is 59.1 Å². The van der Waals surface area contributed by atoms with E-state index in [9.17, 15) is 39.0 Å². The number of hydrogen-bond acceptors (Lipinski definition) is 19. The molecule has 7 fully saturated rings. The Morgan fingerprint density at radius 2 is 1.29 bits per heavy atom. The van der Waals surface area contributed by atoms with Crippen molar-refractivity contribution in [3.8, 4) is 0 Å². The molecule has 28 nitrogen and oxygen atoms in total. The zero-order valence-electron chi connectivity index (χ0n) is 57.9. The number of halogens is 2. The molecule has 0 radical (unpaired) electrons. The monoisotopic (exact) mass is 1460 g/mol. The van der Waals surface area contributed by atoms with Gasteiger partial charge in [0, 0.05) is 67.3 Å². The third kappa shape index (κ3) is 22.9. The number of alkyl halides is 2. The van der Waals surface area contributed by atoms with Crippen molar-refractivity contribution in [1.29, 1.82) is 0 Å². The lowest BCUT2D eigenvalue weighted by molar-refractivity contribution is -0.145. The third-order valence-corrected chi connectivity index (χ3v) is 23.9. The molecule has 3 aliphatic carbocycles. The molecule has 10 amide bonds. The largest absolute Gasteiger partial charge is 0.481 e. The molecular formula is C69H107F2N15O13S2. The molecule has 101 heavy (non-hydrogen) atoms. The van der Waals surface area contributed by atoms with Crippen LogP contribution in [0.2, 0.25) is 0 Å². The number of aliphatic hydroxyl groups is 1. The zero-order chi connectivity index (χ0) is 72.3. The van der Waals surface area contributed by atoms with Gasteiger partial charge in [-0.25, -0.2) is 8.78 Å². The first kappa shape index (κ1) is 78.8. The standard InChI is InChI=1S/C69H107F2N15O13S2/c1-69(29-60(90)91)68(99)84-54(28-45-32-74-37-78-45)64(95)82-55(23-38-10-14-46(87)15-11-38)67(98)86-20-5-9-57(86)66(97)83-56(61(73)92)36-101-35-40-7-4-6-39(22-40)34-100-21-18-58(88)79-51(8-2-3-19-72)62(93)77-33-59(89)80-52(24-41-30-75-49-16-12-43(70)26-47(41)49)63(94)81-53(65(96)85-69)25-42-31-76-50-17-13-44(71)27-48(42)50/h4,6-7,22,38,41-57,74-76,78,87H,2-3,5,8-21,23-37,72H2,1H3,(H2,73,92)(H,77,93)(H,79,88)(H,80,89)(H,81,94)(H,82,95)(H,83,97)(H,84,99)(H,85,96)(H,90,91)/t38?,41?,42?,43?,44?,45?,46?,47?,48?,49?,50?,51-,52-,53-,54-,55-,56-,57-,69-/m0/s1. The summed E-state index contributed by atoms with van der Waals surface area (Å²) in [4.78, 5) is 160. The fraction of sp³-hybridized carbons (Fsp3) is 0.754. The van der Waals surface area contributed by atoms with E-state index in [0.717, 1.165) is 18.1 Å². The van der Waals surface area contributed by atoms with Crippen molar-refractivity contribution < 1.29 is 71.7 Å². The SMILES string of the molecule is C[C@@]1(CC(=O)O)NC(=O)[C@H](CC2CNC3CCC(F)CC23)NC(=O)[C@H](CC2CNC3CCC(F)CC23)NC(=O)CNC(=O)[C@H](CCCCN)NC(=O)CCSCc2cccc(c2)CSC[C@@H](C(N)=O)NC(=O)[C@@H]2CCCN2C(=O)[C@H](CC2CCC(O)CC2)NC(=O)[C@H](CC2CNCN2)NC1=O. The lowest BCUT2D eigenvalue weighted by atomic mass is 9.76. The fourth-order valence-electron chi connectivity index (χ4n) is 16.2. The predicted octanol–water partition coefficient (Wildman–Crippen LogP) is -0.381. The van der Waals surface area contributed by atoms with Crippen molar-refractivity contribution in [3.63, 3.8) is 0 Å². The molecule has 5 heterocycles. The first-order valence-corrected chi connectivity index (χ1v) is 38.8. The molecule has 3 saturated carbocycles. The fourth-order valence-corrected chi connectivity index (χ4v) is 18.1. The van der Waals surface area contributed by atoms with Crippen LogP contribution in [0.15, 0.2) is 24.3 Å². The summed E-state index contributed by atoms with van der Waals surface area (Å²) in [6.45, 7) is 2.31. The summed E-state index contributed by atoms with van der Waals surface area (Å²) >= 11 is 2.86. The van der Waals surface area contributed by atoms with E-state index >= 15 is 32.8 Å². The van der Waals surface area contributed by atoms with Gasteiger partial charge in [-0.2, -0.15) is 23.5 Å². The van der Waals surface area contributed by atoms with E-state index in [4.69, 9.17) is 11.5 Å². The van der Waals surface area contributed by atoms with E-state index in [2.05, 4.69) is 63.8 Å². The number of nitrogens with one attached hydrogen (secondary N) is 12. The minimum atomic E-state index is -2.38. The molecule has 2 bridgehead atoms. The maximum atomic E-state index is 15.4. The van der Waals surface area contributed by atoms with Gasteiger partial charge in [0.25, 0.3) is 0 Å². The first-order chi connectivity index (χ1) is 48.4. The van der Waals surface area contributed by atoms with Gasteiger partial charge in [0.15, 0.2) is 0 Å². The zero-order valence-corrected chi connectivity index (χ0v) is 59.5. The summed E-state index contributed by atoms with van der Waals surface area (Å²) in [5.74, 6) is -9.34. The number of aliphatic carboxylic acids is 1. The van der Waals surface area contributed by atoms with Crippen molar-refractivity contribution in [2.75, 3.05) is 57.4 Å². The smallest absolute Gasteiger partial charge is 0.306 e. The molecule has 0 spiro atoms. The molecule has 18 N–H and O–H groups in total. The molecule has 1 aromatic carbocycles. The molecule has 8 aliphatic rings. The van der Waals surface area contributed by atoms with Crippen LogP contribution in [0, 0.1) is 29.6 Å². The molecule has 5 aliphatic heterocycles. The Kier molecular flexibility index (Phi) is 29.6. The van der Waals surface area contributed by atoms with Gasteiger partial charge in [-0.05, 0) is 189 Å². The van der Waals surface area contributed by atoms with Gasteiger partial charge >= 0.3 is 5.97 Å². The maximum absolute atomic E-state index is 15.4. The number of hydrogen-bond donors (Lipinski definition) is 16. The summed E-state index contributed by atoms with van der Waals surface area (Å²) in [6, 6.07) is -1.94. The van der Waals surface area contributed by atoms with E-state index in [1.165, 1.54) is 28.4 Å². The number of carbonyl (C=O) groups excluding carboxylic acids is 10. The Balaban J connectivity index is 1.03. The Morgan fingerprint density at radius 3 is 1.91 bits per heavy atom. The van der Waals surface area contributed by atoms with Crippen LogP contribution in [0.5, 0.6) is 0 Å². The van der Waals surface area contributed by atoms with Crippen molar-refractivity contribution in [2.45, 2.75) is 238 Å². The normalized spacial score (nSPS) is 35.4. The van der Waals surface area contributed by atoms with Crippen LogP contribution >= 0.6 is 23.5 Å². The van der Waals surface area contributed by atoms with Crippen LogP contribution in [0.3, 0.4) is 0 Å². The second-order valence-corrected chi connectivity index (χ2v) is 31.6. The summed E-state index contributed by atoms with van der Waals surface area (Å²) in [7, 11) is 0. The van der Waals surface area contributed by atoms with Crippen LogP contribution in [0.1, 0.15) is 153 Å². The van der Waals surface area contributed by atoms with E-state index in [1.807, 2.05) is 24.3 Å². The number of thioether (sulfide) groups is 2. The molecule has 17 atom stereocenters. The number of primary amides is 1. The number of nitrogens with two attached hydrogens (primary N) is 2. The lowest BCUT2D eigenvalue weighted by Crippen LogP contribution is -2.65. The van der Waals surface area contributed by atoms with Gasteiger partial charge < -0.3 is 90.4 Å². The van der Waals surface area contributed by atoms with Crippen LogP contribution in [0.25, 0.3) is 0 Å². The highest BCUT2D eigenvalue weighted by Gasteiger charge is 2.48. The summed E-state index contributed by atoms with van der Waals surface area (Å²) in [5, 5.41) is 56.4. The average Bonchev–Trinajstić information content (AvgIpc) is 1.55. The first-order valence-electron chi connectivity index (χ1n) is 36.4. The maximum Gasteiger partial charge on any atom is 0.306 e. The lowest BCUT2D eigenvalue weighted by Gasteiger charge is -2.36. The van der Waals surface area contributed by atoms with Crippen molar-refractivity contribution >= 4 is 88.6 Å².